The molecule has 0 heterocycles. The molecule has 0 unspecified atom stereocenters. The maximum absolute atomic E-state index is 11.2. The third kappa shape index (κ3) is 6.61. The molecule has 74 valence electrons. The summed E-state index contributed by atoms with van der Waals surface area (Å²) in [5.74, 6) is 0.682. The van der Waals surface area contributed by atoms with E-state index in [-0.39, 0.29) is 0 Å². The molecule has 1 N–H and O–H groups in total. The lowest BCUT2D eigenvalue weighted by Crippen LogP contribution is -2.16. The standard InChI is InChI=1S/C8H19NO2S/c1-3-4-7-12(10,11)8-5-6-9-2/h9H,3-8H2,1-2H3. The number of hydrogen-bond acceptors (Lipinski definition) is 3. The number of rotatable bonds is 7. The zero-order valence-corrected chi connectivity index (χ0v) is 8.78. The zero-order valence-electron chi connectivity index (χ0n) is 7.97. The number of unbranched alkanes of at least 4 members (excludes halogenated alkanes) is 1. The van der Waals surface area contributed by atoms with Gasteiger partial charge in [0.15, 0.2) is 0 Å². The van der Waals surface area contributed by atoms with E-state index in [0.717, 1.165) is 25.8 Å². The Labute approximate surface area is 75.5 Å². The minimum atomic E-state index is -2.76. The molecule has 4 heteroatoms. The van der Waals surface area contributed by atoms with Crippen LogP contribution >= 0.6 is 0 Å². The monoisotopic (exact) mass is 193 g/mol. The second-order valence-electron chi connectivity index (χ2n) is 2.96. The maximum Gasteiger partial charge on any atom is 0.150 e. The van der Waals surface area contributed by atoms with Gasteiger partial charge in [-0.25, -0.2) is 8.42 Å². The molecule has 0 rings (SSSR count). The highest BCUT2D eigenvalue weighted by molar-refractivity contribution is 7.91. The van der Waals surface area contributed by atoms with E-state index in [1.165, 1.54) is 0 Å². The van der Waals surface area contributed by atoms with Gasteiger partial charge in [0.1, 0.15) is 9.84 Å². The van der Waals surface area contributed by atoms with Gasteiger partial charge < -0.3 is 5.32 Å². The Morgan fingerprint density at radius 1 is 1.17 bits per heavy atom. The Hall–Kier alpha value is -0.0900. The first-order valence-electron chi connectivity index (χ1n) is 4.47. The largest absolute Gasteiger partial charge is 0.320 e. The van der Waals surface area contributed by atoms with E-state index >= 15 is 0 Å². The number of hydrogen-bond donors (Lipinski definition) is 1. The molecule has 0 aromatic carbocycles. The highest BCUT2D eigenvalue weighted by Gasteiger charge is 2.08. The molecule has 0 bridgehead atoms. The first-order valence-corrected chi connectivity index (χ1v) is 6.29. The van der Waals surface area contributed by atoms with Gasteiger partial charge in [0.25, 0.3) is 0 Å². The van der Waals surface area contributed by atoms with Crippen LogP contribution in [0.2, 0.25) is 0 Å². The fraction of sp³-hybridized carbons (Fsp3) is 1.00. The van der Waals surface area contributed by atoms with E-state index in [1.54, 1.807) is 0 Å². The summed E-state index contributed by atoms with van der Waals surface area (Å²) in [7, 11) is -0.924. The minimum absolute atomic E-state index is 0.327. The van der Waals surface area contributed by atoms with Crippen LogP contribution in [0.15, 0.2) is 0 Å². The molecule has 0 aromatic rings. The molecule has 3 nitrogen and oxygen atoms in total. The van der Waals surface area contributed by atoms with Gasteiger partial charge in [-0.15, -0.1) is 0 Å². The van der Waals surface area contributed by atoms with Crippen molar-refractivity contribution in [1.82, 2.24) is 5.32 Å². The Morgan fingerprint density at radius 2 is 1.75 bits per heavy atom. The Morgan fingerprint density at radius 3 is 2.25 bits per heavy atom. The summed E-state index contributed by atoms with van der Waals surface area (Å²) in [5, 5.41) is 2.93. The van der Waals surface area contributed by atoms with Crippen LogP contribution in [-0.4, -0.2) is 33.5 Å². The topological polar surface area (TPSA) is 46.2 Å². The highest BCUT2D eigenvalue weighted by Crippen LogP contribution is 1.98. The van der Waals surface area contributed by atoms with Gasteiger partial charge in [-0.2, -0.15) is 0 Å². The van der Waals surface area contributed by atoms with Crippen LogP contribution < -0.4 is 5.32 Å². The van der Waals surface area contributed by atoms with Crippen LogP contribution in [0.1, 0.15) is 26.2 Å². The summed E-state index contributed by atoms with van der Waals surface area (Å²) < 4.78 is 22.5. The lowest BCUT2D eigenvalue weighted by molar-refractivity contribution is 0.588. The average Bonchev–Trinajstić information content (AvgIpc) is 2.01. The smallest absolute Gasteiger partial charge is 0.150 e. The van der Waals surface area contributed by atoms with Crippen molar-refractivity contribution in [2.75, 3.05) is 25.1 Å². The normalized spacial score (nSPS) is 11.8. The lowest BCUT2D eigenvalue weighted by atomic mass is 10.4. The fourth-order valence-corrected chi connectivity index (χ4v) is 2.45. The van der Waals surface area contributed by atoms with Crippen molar-refractivity contribution in [3.63, 3.8) is 0 Å². The molecule has 0 aromatic heterocycles. The molecule has 0 aliphatic carbocycles. The van der Waals surface area contributed by atoms with Crippen LogP contribution in [-0.2, 0) is 9.84 Å². The van der Waals surface area contributed by atoms with Crippen molar-refractivity contribution in [3.05, 3.63) is 0 Å². The molecule has 0 aliphatic rings. The second-order valence-corrected chi connectivity index (χ2v) is 5.27. The van der Waals surface area contributed by atoms with Crippen LogP contribution in [0.4, 0.5) is 0 Å². The van der Waals surface area contributed by atoms with Gasteiger partial charge in [-0.05, 0) is 26.4 Å². The highest BCUT2D eigenvalue weighted by atomic mass is 32.2. The molecule has 0 fully saturated rings. The number of sulfone groups is 1. The van der Waals surface area contributed by atoms with Crippen molar-refractivity contribution in [3.8, 4) is 0 Å². The molecular weight excluding hydrogens is 174 g/mol. The van der Waals surface area contributed by atoms with Gasteiger partial charge in [0.05, 0.1) is 11.5 Å². The van der Waals surface area contributed by atoms with Crippen LogP contribution in [0.3, 0.4) is 0 Å². The van der Waals surface area contributed by atoms with E-state index < -0.39 is 9.84 Å². The van der Waals surface area contributed by atoms with Gasteiger partial charge in [-0.3, -0.25) is 0 Å². The molecule has 0 radical (unpaired) electrons. The predicted molar refractivity (Wildman–Crippen MR) is 52.1 cm³/mol. The maximum atomic E-state index is 11.2. The summed E-state index contributed by atoms with van der Waals surface area (Å²) in [5.41, 5.74) is 0. The summed E-state index contributed by atoms with van der Waals surface area (Å²) >= 11 is 0. The molecular formula is C8H19NO2S. The van der Waals surface area contributed by atoms with E-state index in [4.69, 9.17) is 0 Å². The number of nitrogens with one attached hydrogen (secondary N) is 1. The Balaban J connectivity index is 3.58. The van der Waals surface area contributed by atoms with Crippen molar-refractivity contribution in [2.24, 2.45) is 0 Å². The van der Waals surface area contributed by atoms with E-state index in [9.17, 15) is 8.42 Å². The summed E-state index contributed by atoms with van der Waals surface area (Å²) in [4.78, 5) is 0. The molecule has 0 atom stereocenters. The van der Waals surface area contributed by atoms with Crippen molar-refractivity contribution in [1.29, 1.82) is 0 Å². The lowest BCUT2D eigenvalue weighted by Gasteiger charge is -2.02. The molecule has 0 saturated carbocycles. The second kappa shape index (κ2) is 6.43. The minimum Gasteiger partial charge on any atom is -0.320 e. The third-order valence-electron chi connectivity index (χ3n) is 1.69. The van der Waals surface area contributed by atoms with Gasteiger partial charge in [-0.1, -0.05) is 13.3 Å². The van der Waals surface area contributed by atoms with E-state index in [1.807, 2.05) is 14.0 Å². The summed E-state index contributed by atoms with van der Waals surface area (Å²) in [6, 6.07) is 0. The SMILES string of the molecule is CCCCS(=O)(=O)CCCNC. The molecule has 0 aliphatic heterocycles. The summed E-state index contributed by atoms with van der Waals surface area (Å²) in [6.07, 6.45) is 2.47. The first-order chi connectivity index (χ1) is 5.62. The Bertz CT molecular complexity index is 187. The molecule has 0 saturated heterocycles. The Kier molecular flexibility index (Phi) is 6.38. The predicted octanol–water partition coefficient (Wildman–Crippen LogP) is 0.811. The quantitative estimate of drug-likeness (QED) is 0.609. The van der Waals surface area contributed by atoms with E-state index in [2.05, 4.69) is 5.32 Å². The van der Waals surface area contributed by atoms with Crippen molar-refractivity contribution >= 4 is 9.84 Å². The average molecular weight is 193 g/mol. The van der Waals surface area contributed by atoms with Gasteiger partial charge >= 0.3 is 0 Å². The van der Waals surface area contributed by atoms with Crippen molar-refractivity contribution < 1.29 is 8.42 Å². The van der Waals surface area contributed by atoms with Gasteiger partial charge in [0.2, 0.25) is 0 Å². The summed E-state index contributed by atoms with van der Waals surface area (Å²) in [6.45, 7) is 2.79. The molecule has 0 amide bonds. The zero-order chi connectivity index (χ0) is 9.45. The van der Waals surface area contributed by atoms with Gasteiger partial charge in [0, 0.05) is 0 Å². The first kappa shape index (κ1) is 11.9. The van der Waals surface area contributed by atoms with Crippen molar-refractivity contribution in [2.45, 2.75) is 26.2 Å². The third-order valence-corrected chi connectivity index (χ3v) is 3.51. The fourth-order valence-electron chi connectivity index (χ4n) is 0.935. The molecule has 0 spiro atoms. The van der Waals surface area contributed by atoms with Crippen LogP contribution in [0.5, 0.6) is 0 Å². The van der Waals surface area contributed by atoms with Crippen LogP contribution in [0.25, 0.3) is 0 Å². The molecule has 12 heavy (non-hydrogen) atoms. The van der Waals surface area contributed by atoms with E-state index in [0.29, 0.717) is 11.5 Å². The van der Waals surface area contributed by atoms with Crippen LogP contribution in [0, 0.1) is 0 Å².